The average Bonchev–Trinajstić information content (AvgIpc) is 3.68. The average molecular weight is 527 g/mol. The van der Waals surface area contributed by atoms with Crippen LogP contribution in [0.4, 0.5) is 0 Å². The summed E-state index contributed by atoms with van der Waals surface area (Å²) in [6.07, 6.45) is 1.11. The van der Waals surface area contributed by atoms with Crippen LogP contribution in [0.15, 0.2) is 36.4 Å². The summed E-state index contributed by atoms with van der Waals surface area (Å²) in [6.45, 7) is 9.91. The van der Waals surface area contributed by atoms with Crippen molar-refractivity contribution in [2.24, 2.45) is 0 Å². The molecule has 5 heterocycles. The summed E-state index contributed by atoms with van der Waals surface area (Å²) in [5.74, 6) is 2.26. The smallest absolute Gasteiger partial charge is 0.222 e. The van der Waals surface area contributed by atoms with Crippen LogP contribution in [0.25, 0.3) is 22.9 Å². The van der Waals surface area contributed by atoms with Gasteiger partial charge < -0.3 is 4.90 Å². The fourth-order valence-electron chi connectivity index (χ4n) is 5.11. The highest BCUT2D eigenvalue weighted by atomic mass is 16.2. The Labute approximate surface area is 224 Å². The normalized spacial score (nSPS) is 14.4. The van der Waals surface area contributed by atoms with E-state index in [1.807, 2.05) is 54.6 Å². The number of fused-ring (bicyclic) bond motifs is 1. The molecule has 13 nitrogen and oxygen atoms in total. The molecule has 1 N–H and O–H groups in total. The van der Waals surface area contributed by atoms with E-state index in [4.69, 9.17) is 5.10 Å². The van der Waals surface area contributed by atoms with Gasteiger partial charge in [0.25, 0.3) is 0 Å². The van der Waals surface area contributed by atoms with Crippen LogP contribution in [0.3, 0.4) is 0 Å². The minimum absolute atomic E-state index is 0.186. The number of amides is 1. The van der Waals surface area contributed by atoms with Crippen molar-refractivity contribution in [3.05, 3.63) is 64.7 Å². The molecule has 200 valence electrons. The Balaban J connectivity index is 1.03. The third kappa shape index (κ3) is 5.00. The lowest BCUT2D eigenvalue weighted by molar-refractivity contribution is -0.133. The minimum Gasteiger partial charge on any atom is -0.340 e. The molecule has 0 spiro atoms. The number of carbonyl (C=O) groups is 1. The van der Waals surface area contributed by atoms with E-state index in [1.165, 1.54) is 5.56 Å². The standard InChI is InChI=1S/C26H30N12O/c1-17-22(18(2)37(31-17)24-10-9-23-28-27-19(3)38(23)32-24)8-11-25(39)36-14-12-35(13-15-36)16-20-4-6-21(7-5-20)26-29-33-34-30-26/h4-7,9-10H,8,11-16H2,1-3H3,(H,29,30,33,34). The molecule has 0 bridgehead atoms. The first-order valence-electron chi connectivity index (χ1n) is 13.0. The van der Waals surface area contributed by atoms with Crippen molar-refractivity contribution in [1.82, 2.24) is 60.0 Å². The number of H-pyrrole nitrogens is 1. The van der Waals surface area contributed by atoms with Gasteiger partial charge in [-0.05, 0) is 60.9 Å². The lowest BCUT2D eigenvalue weighted by atomic mass is 10.1. The number of aryl methyl sites for hydroxylation is 2. The topological polar surface area (TPSA) is 139 Å². The van der Waals surface area contributed by atoms with Crippen LogP contribution in [0.2, 0.25) is 0 Å². The second-order valence-corrected chi connectivity index (χ2v) is 9.87. The van der Waals surface area contributed by atoms with Gasteiger partial charge in [-0.2, -0.15) is 9.61 Å². The van der Waals surface area contributed by atoms with Gasteiger partial charge in [-0.3, -0.25) is 9.69 Å². The molecule has 6 rings (SSSR count). The lowest BCUT2D eigenvalue weighted by Crippen LogP contribution is -2.48. The van der Waals surface area contributed by atoms with Gasteiger partial charge in [0.2, 0.25) is 5.91 Å². The summed E-state index contributed by atoms with van der Waals surface area (Å²) in [6, 6.07) is 12.0. The van der Waals surface area contributed by atoms with Crippen LogP contribution >= 0.6 is 0 Å². The summed E-state index contributed by atoms with van der Waals surface area (Å²) in [5, 5.41) is 31.5. The van der Waals surface area contributed by atoms with E-state index in [0.29, 0.717) is 30.1 Å². The minimum atomic E-state index is 0.186. The summed E-state index contributed by atoms with van der Waals surface area (Å²) >= 11 is 0. The van der Waals surface area contributed by atoms with Crippen LogP contribution in [0.1, 0.15) is 34.8 Å². The van der Waals surface area contributed by atoms with E-state index in [9.17, 15) is 4.79 Å². The zero-order chi connectivity index (χ0) is 26.9. The fraction of sp³-hybridized carbons (Fsp3) is 0.385. The number of benzene rings is 1. The number of rotatable bonds is 7. The van der Waals surface area contributed by atoms with Gasteiger partial charge in [0.1, 0.15) is 0 Å². The predicted octanol–water partition coefficient (Wildman–Crippen LogP) is 1.69. The molecular formula is C26H30N12O. The first-order valence-corrected chi connectivity index (χ1v) is 13.0. The second kappa shape index (κ2) is 10.3. The molecule has 1 amide bonds. The summed E-state index contributed by atoms with van der Waals surface area (Å²) in [7, 11) is 0. The Morgan fingerprint density at radius 2 is 1.72 bits per heavy atom. The Hall–Kier alpha value is -4.52. The van der Waals surface area contributed by atoms with Crippen molar-refractivity contribution in [2.75, 3.05) is 26.2 Å². The molecule has 1 aromatic carbocycles. The van der Waals surface area contributed by atoms with E-state index in [0.717, 1.165) is 61.1 Å². The monoisotopic (exact) mass is 526 g/mol. The van der Waals surface area contributed by atoms with Gasteiger partial charge in [0.05, 0.1) is 5.69 Å². The van der Waals surface area contributed by atoms with Gasteiger partial charge in [-0.25, -0.2) is 9.78 Å². The number of aromatic amines is 1. The number of aromatic nitrogens is 10. The summed E-state index contributed by atoms with van der Waals surface area (Å²) < 4.78 is 3.54. The molecule has 0 radical (unpaired) electrons. The summed E-state index contributed by atoms with van der Waals surface area (Å²) in [4.78, 5) is 17.4. The van der Waals surface area contributed by atoms with Crippen molar-refractivity contribution < 1.29 is 4.79 Å². The molecule has 39 heavy (non-hydrogen) atoms. The molecule has 0 atom stereocenters. The van der Waals surface area contributed by atoms with Crippen LogP contribution in [-0.4, -0.2) is 92.1 Å². The Kier molecular flexibility index (Phi) is 6.57. The van der Waals surface area contributed by atoms with E-state index in [1.54, 1.807) is 4.52 Å². The van der Waals surface area contributed by atoms with Gasteiger partial charge in [0.15, 0.2) is 23.1 Å². The lowest BCUT2D eigenvalue weighted by Gasteiger charge is -2.35. The predicted molar refractivity (Wildman–Crippen MR) is 142 cm³/mol. The second-order valence-electron chi connectivity index (χ2n) is 9.87. The van der Waals surface area contributed by atoms with Crippen molar-refractivity contribution in [2.45, 2.75) is 40.2 Å². The van der Waals surface area contributed by atoms with Crippen LogP contribution in [0, 0.1) is 20.8 Å². The van der Waals surface area contributed by atoms with Gasteiger partial charge in [-0.1, -0.05) is 24.3 Å². The number of nitrogens with one attached hydrogen (secondary N) is 1. The first-order chi connectivity index (χ1) is 19.0. The maximum absolute atomic E-state index is 13.1. The third-order valence-corrected chi connectivity index (χ3v) is 7.36. The molecular weight excluding hydrogens is 496 g/mol. The first kappa shape index (κ1) is 24.8. The van der Waals surface area contributed by atoms with Crippen molar-refractivity contribution in [3.8, 4) is 17.2 Å². The number of nitrogens with zero attached hydrogens (tertiary/aromatic N) is 11. The van der Waals surface area contributed by atoms with E-state index in [2.05, 4.69) is 53.0 Å². The van der Waals surface area contributed by atoms with Crippen molar-refractivity contribution in [3.63, 3.8) is 0 Å². The quantitative estimate of drug-likeness (QED) is 0.336. The van der Waals surface area contributed by atoms with Crippen LogP contribution < -0.4 is 0 Å². The van der Waals surface area contributed by atoms with E-state index >= 15 is 0 Å². The highest BCUT2D eigenvalue weighted by Crippen LogP contribution is 2.20. The largest absolute Gasteiger partial charge is 0.340 e. The molecule has 1 fully saturated rings. The SMILES string of the molecule is Cc1nn(-c2ccc3nnc(C)n3n2)c(C)c1CCC(=O)N1CCN(Cc2ccc(-c3nnn[nH]3)cc2)CC1. The van der Waals surface area contributed by atoms with Gasteiger partial charge >= 0.3 is 0 Å². The molecule has 1 saturated heterocycles. The highest BCUT2D eigenvalue weighted by molar-refractivity contribution is 5.76. The molecule has 4 aromatic heterocycles. The number of carbonyl (C=O) groups excluding carboxylic acids is 1. The van der Waals surface area contributed by atoms with Gasteiger partial charge in [-0.15, -0.1) is 20.4 Å². The maximum Gasteiger partial charge on any atom is 0.222 e. The molecule has 0 aliphatic carbocycles. The number of hydrogen-bond donors (Lipinski definition) is 1. The van der Waals surface area contributed by atoms with Crippen molar-refractivity contribution >= 4 is 11.6 Å². The highest BCUT2D eigenvalue weighted by Gasteiger charge is 2.22. The summed E-state index contributed by atoms with van der Waals surface area (Å²) in [5.41, 5.74) is 5.88. The maximum atomic E-state index is 13.1. The Bertz CT molecular complexity index is 1590. The Morgan fingerprint density at radius 1 is 0.923 bits per heavy atom. The molecule has 0 saturated carbocycles. The Morgan fingerprint density at radius 3 is 2.46 bits per heavy atom. The number of piperazine rings is 1. The molecule has 13 heteroatoms. The number of hydrogen-bond acceptors (Lipinski definition) is 9. The van der Waals surface area contributed by atoms with Crippen LogP contribution in [-0.2, 0) is 17.8 Å². The molecule has 5 aromatic rings. The molecule has 0 unspecified atom stereocenters. The fourth-order valence-corrected chi connectivity index (χ4v) is 5.11. The van der Waals surface area contributed by atoms with Crippen LogP contribution in [0.5, 0.6) is 0 Å². The van der Waals surface area contributed by atoms with Crippen molar-refractivity contribution in [1.29, 1.82) is 0 Å². The van der Waals surface area contributed by atoms with E-state index < -0.39 is 0 Å². The zero-order valence-electron chi connectivity index (χ0n) is 22.2. The third-order valence-electron chi connectivity index (χ3n) is 7.36. The molecule has 1 aliphatic rings. The molecule has 1 aliphatic heterocycles. The zero-order valence-corrected chi connectivity index (χ0v) is 22.2. The van der Waals surface area contributed by atoms with Gasteiger partial charge in [0, 0.05) is 50.4 Å². The van der Waals surface area contributed by atoms with E-state index in [-0.39, 0.29) is 5.91 Å². The number of tetrazole rings is 1.